The summed E-state index contributed by atoms with van der Waals surface area (Å²) < 4.78 is 0. The van der Waals surface area contributed by atoms with Crippen LogP contribution in [-0.2, 0) is 0 Å². The number of rotatable bonds is 17. The van der Waals surface area contributed by atoms with E-state index in [-0.39, 0.29) is 0 Å². The van der Waals surface area contributed by atoms with E-state index in [1.54, 1.807) is 0 Å². The summed E-state index contributed by atoms with van der Waals surface area (Å²) >= 11 is 0. The van der Waals surface area contributed by atoms with Crippen LogP contribution in [0, 0.1) is 13.8 Å². The van der Waals surface area contributed by atoms with Gasteiger partial charge in [-0.1, -0.05) is 104 Å². The number of nitrogens with zero attached hydrogens (tertiary/aromatic N) is 2. The highest BCUT2D eigenvalue weighted by Gasteiger charge is 2.14. The van der Waals surface area contributed by atoms with E-state index >= 15 is 0 Å². The molecule has 4 nitrogen and oxygen atoms in total. The SMILES string of the molecule is C=C(CC)/C(C(=C)Nc1cc(C(=C)NCCCN2CCCC2=C)ccc1C)=C(\C)CC.CC.CCCN(CCC)c1ccccc1C. The van der Waals surface area contributed by atoms with E-state index in [2.05, 4.69) is 138 Å². The van der Waals surface area contributed by atoms with Gasteiger partial charge in [-0.3, -0.25) is 0 Å². The predicted octanol–water partition coefficient (Wildman–Crippen LogP) is 11.8. The topological polar surface area (TPSA) is 30.5 Å². The van der Waals surface area contributed by atoms with Crippen molar-refractivity contribution in [3.05, 3.63) is 114 Å². The van der Waals surface area contributed by atoms with Crippen LogP contribution >= 0.6 is 0 Å². The van der Waals surface area contributed by atoms with Crippen LogP contribution in [0.25, 0.3) is 5.70 Å². The van der Waals surface area contributed by atoms with Gasteiger partial charge in [0.25, 0.3) is 0 Å². The Kier molecular flexibility index (Phi) is 20.1. The van der Waals surface area contributed by atoms with Crippen molar-refractivity contribution in [3.63, 3.8) is 0 Å². The third-order valence-corrected chi connectivity index (χ3v) is 8.64. The number of likely N-dealkylation sites (tertiary alicyclic amines) is 1. The van der Waals surface area contributed by atoms with Gasteiger partial charge in [0.05, 0.1) is 0 Å². The minimum Gasteiger partial charge on any atom is -0.385 e. The molecule has 1 aliphatic rings. The number of benzene rings is 2. The fourth-order valence-corrected chi connectivity index (χ4v) is 5.78. The minimum atomic E-state index is 0.908. The Morgan fingerprint density at radius 2 is 1.55 bits per heavy atom. The molecule has 0 aliphatic carbocycles. The normalized spacial score (nSPS) is 12.6. The number of anilines is 2. The van der Waals surface area contributed by atoms with Crippen molar-refractivity contribution in [3.8, 4) is 0 Å². The molecule has 0 unspecified atom stereocenters. The first-order valence-corrected chi connectivity index (χ1v) is 18.2. The zero-order chi connectivity index (χ0) is 35.4. The molecule has 0 bridgehead atoms. The highest BCUT2D eigenvalue weighted by atomic mass is 15.1. The van der Waals surface area contributed by atoms with Crippen LogP contribution in [0.5, 0.6) is 0 Å². The summed E-state index contributed by atoms with van der Waals surface area (Å²) in [6.07, 6.45) is 7.80. The maximum absolute atomic E-state index is 4.33. The Morgan fingerprint density at radius 1 is 0.894 bits per heavy atom. The van der Waals surface area contributed by atoms with E-state index in [0.717, 1.165) is 79.1 Å². The first-order valence-electron chi connectivity index (χ1n) is 18.2. The Morgan fingerprint density at radius 3 is 2.11 bits per heavy atom. The lowest BCUT2D eigenvalue weighted by Gasteiger charge is -2.25. The van der Waals surface area contributed by atoms with Crippen LogP contribution in [0.15, 0.2) is 96.9 Å². The summed E-state index contributed by atoms with van der Waals surface area (Å²) in [5.41, 5.74) is 12.9. The standard InChI is InChI=1S/C28H41N3.C13H21N.C2H6/c1-9-20(3)28(21(4)10-2)25(8)30-27-19-26(15-14-22(27)5)24(7)29-16-12-18-31-17-11-13-23(31)6;1-4-10-14(11-5-2)13-9-7-6-8-12(13)3;1-2/h14-15,19,29-30H,3,6-13,16-18H2,1-2,4-5H3;6-9H,4-5,10-11H2,1-3H3;1-2H3/b28-21-;;. The number of nitrogens with one attached hydrogen (secondary N) is 2. The molecule has 47 heavy (non-hydrogen) atoms. The zero-order valence-electron chi connectivity index (χ0n) is 31.7. The molecule has 2 N–H and O–H groups in total. The van der Waals surface area contributed by atoms with Crippen molar-refractivity contribution in [1.82, 2.24) is 10.2 Å². The van der Waals surface area contributed by atoms with Gasteiger partial charge in [-0.25, -0.2) is 0 Å². The molecule has 2 aromatic rings. The molecule has 2 aromatic carbocycles. The molecule has 0 spiro atoms. The molecule has 1 aliphatic heterocycles. The summed E-state index contributed by atoms with van der Waals surface area (Å²) in [6.45, 7) is 41.7. The molecule has 0 saturated carbocycles. The van der Waals surface area contributed by atoms with Crippen molar-refractivity contribution in [1.29, 1.82) is 0 Å². The monoisotopic (exact) mass is 641 g/mol. The Hall–Kier alpha value is -3.66. The van der Waals surface area contributed by atoms with Gasteiger partial charge in [0.1, 0.15) is 0 Å². The molecule has 0 amide bonds. The van der Waals surface area contributed by atoms with Gasteiger partial charge in [0.15, 0.2) is 0 Å². The van der Waals surface area contributed by atoms with Gasteiger partial charge in [-0.2, -0.15) is 0 Å². The number of hydrogen-bond donors (Lipinski definition) is 2. The second kappa shape index (κ2) is 22.8. The van der Waals surface area contributed by atoms with E-state index < -0.39 is 0 Å². The van der Waals surface area contributed by atoms with Crippen LogP contribution in [0.3, 0.4) is 0 Å². The quantitative estimate of drug-likeness (QED) is 0.133. The van der Waals surface area contributed by atoms with Gasteiger partial charge in [0.2, 0.25) is 0 Å². The Labute approximate surface area is 290 Å². The van der Waals surface area contributed by atoms with Crippen LogP contribution < -0.4 is 15.5 Å². The van der Waals surface area contributed by atoms with Gasteiger partial charge in [-0.05, 0) is 106 Å². The number of aryl methyl sites for hydroxylation is 2. The maximum Gasteiger partial charge on any atom is 0.0420 e. The summed E-state index contributed by atoms with van der Waals surface area (Å²) in [7, 11) is 0. The highest BCUT2D eigenvalue weighted by molar-refractivity contribution is 5.70. The second-order valence-electron chi connectivity index (χ2n) is 12.3. The molecule has 4 heteroatoms. The molecule has 3 rings (SSSR count). The summed E-state index contributed by atoms with van der Waals surface area (Å²) in [6, 6.07) is 15.1. The highest BCUT2D eigenvalue weighted by Crippen LogP contribution is 2.29. The molecule has 1 fully saturated rings. The lowest BCUT2D eigenvalue weighted by molar-refractivity contribution is 0.386. The minimum absolute atomic E-state index is 0.908. The van der Waals surface area contributed by atoms with Gasteiger partial charge in [-0.15, -0.1) is 0 Å². The summed E-state index contributed by atoms with van der Waals surface area (Å²) in [4.78, 5) is 4.88. The third kappa shape index (κ3) is 13.5. The molecule has 1 heterocycles. The fourth-order valence-electron chi connectivity index (χ4n) is 5.78. The van der Waals surface area contributed by atoms with Crippen molar-refractivity contribution < 1.29 is 0 Å². The van der Waals surface area contributed by atoms with Crippen LogP contribution in [0.4, 0.5) is 11.4 Å². The second-order valence-corrected chi connectivity index (χ2v) is 12.3. The maximum atomic E-state index is 4.33. The van der Waals surface area contributed by atoms with Gasteiger partial charge < -0.3 is 20.4 Å². The molecular formula is C43H68N4. The summed E-state index contributed by atoms with van der Waals surface area (Å²) in [5, 5.41) is 7.04. The van der Waals surface area contributed by atoms with Crippen LogP contribution in [0.1, 0.15) is 110 Å². The number of para-hydroxylation sites is 1. The van der Waals surface area contributed by atoms with E-state index in [1.807, 2.05) is 13.8 Å². The smallest absolute Gasteiger partial charge is 0.0420 e. The van der Waals surface area contributed by atoms with Gasteiger partial charge >= 0.3 is 0 Å². The van der Waals surface area contributed by atoms with E-state index in [0.29, 0.717) is 0 Å². The Bertz CT molecular complexity index is 1310. The number of hydrogen-bond acceptors (Lipinski definition) is 4. The molecule has 0 radical (unpaired) electrons. The Balaban J connectivity index is 0.000000575. The van der Waals surface area contributed by atoms with E-state index in [4.69, 9.17) is 0 Å². The van der Waals surface area contributed by atoms with Crippen molar-refractivity contribution >= 4 is 17.1 Å². The third-order valence-electron chi connectivity index (χ3n) is 8.64. The van der Waals surface area contributed by atoms with Crippen molar-refractivity contribution in [2.75, 3.05) is 42.9 Å². The average molecular weight is 641 g/mol. The molecule has 1 saturated heterocycles. The fraction of sp³-hybridized carbons (Fsp3) is 0.488. The summed E-state index contributed by atoms with van der Waals surface area (Å²) in [5.74, 6) is 0. The molecule has 260 valence electrons. The first kappa shape index (κ1) is 41.4. The first-order chi connectivity index (χ1) is 22.6. The average Bonchev–Trinajstić information content (AvgIpc) is 3.49. The van der Waals surface area contributed by atoms with Gasteiger partial charge in [0, 0.05) is 61.2 Å². The van der Waals surface area contributed by atoms with Crippen molar-refractivity contribution in [2.24, 2.45) is 0 Å². The predicted molar refractivity (Wildman–Crippen MR) is 213 cm³/mol. The van der Waals surface area contributed by atoms with E-state index in [1.165, 1.54) is 60.4 Å². The zero-order valence-corrected chi connectivity index (χ0v) is 31.7. The molecular weight excluding hydrogens is 573 g/mol. The molecule has 0 atom stereocenters. The van der Waals surface area contributed by atoms with E-state index in [9.17, 15) is 0 Å². The van der Waals surface area contributed by atoms with Crippen LogP contribution in [0.2, 0.25) is 0 Å². The van der Waals surface area contributed by atoms with Crippen LogP contribution in [-0.4, -0.2) is 37.6 Å². The lowest BCUT2D eigenvalue weighted by atomic mass is 9.95. The lowest BCUT2D eigenvalue weighted by Crippen LogP contribution is -2.25. The molecule has 0 aromatic heterocycles. The largest absolute Gasteiger partial charge is 0.385 e. The number of allylic oxidation sites excluding steroid dienone is 3. The van der Waals surface area contributed by atoms with Crippen molar-refractivity contribution in [2.45, 2.75) is 107 Å².